The molecule has 0 aliphatic heterocycles. The van der Waals surface area contributed by atoms with E-state index in [2.05, 4.69) is 67.5 Å². The van der Waals surface area contributed by atoms with E-state index in [9.17, 15) is 4.79 Å². The van der Waals surface area contributed by atoms with E-state index >= 15 is 0 Å². The second-order valence-corrected chi connectivity index (χ2v) is 5.80. The third-order valence-corrected chi connectivity index (χ3v) is 3.51. The maximum absolute atomic E-state index is 11.1. The molecule has 0 bridgehead atoms. The lowest BCUT2D eigenvalue weighted by molar-refractivity contribution is -0.116. The Hall–Kier alpha value is -1.93. The van der Waals surface area contributed by atoms with Gasteiger partial charge in [-0.3, -0.25) is 0 Å². The average molecular weight is 281 g/mol. The van der Waals surface area contributed by atoms with E-state index in [4.69, 9.17) is 0 Å². The third-order valence-electron chi connectivity index (χ3n) is 3.51. The van der Waals surface area contributed by atoms with Crippen LogP contribution < -0.4 is 0 Å². The van der Waals surface area contributed by atoms with Crippen molar-refractivity contribution in [1.82, 2.24) is 4.90 Å². The summed E-state index contributed by atoms with van der Waals surface area (Å²) in [7, 11) is 4.17. The lowest BCUT2D eigenvalue weighted by Gasteiger charge is -2.15. The van der Waals surface area contributed by atoms with E-state index in [-0.39, 0.29) is 5.78 Å². The van der Waals surface area contributed by atoms with Gasteiger partial charge in [0.05, 0.1) is 0 Å². The molecule has 0 aromatic heterocycles. The van der Waals surface area contributed by atoms with Crippen molar-refractivity contribution >= 4 is 5.78 Å². The molecule has 0 aliphatic carbocycles. The van der Waals surface area contributed by atoms with E-state index < -0.39 is 0 Å². The highest BCUT2D eigenvalue weighted by Gasteiger charge is 2.06. The topological polar surface area (TPSA) is 20.3 Å². The summed E-state index contributed by atoms with van der Waals surface area (Å²) >= 11 is 0. The average Bonchev–Trinajstić information content (AvgIpc) is 2.45. The molecule has 0 saturated heterocycles. The first-order chi connectivity index (χ1) is 10.1. The molecule has 2 nitrogen and oxygen atoms in total. The van der Waals surface area contributed by atoms with Crippen molar-refractivity contribution < 1.29 is 4.79 Å². The van der Waals surface area contributed by atoms with Gasteiger partial charge in [-0.15, -0.1) is 0 Å². The number of hydrogen-bond acceptors (Lipinski definition) is 2. The second kappa shape index (κ2) is 7.19. The normalized spacial score (nSPS) is 10.9. The van der Waals surface area contributed by atoms with Gasteiger partial charge < -0.3 is 9.69 Å². The van der Waals surface area contributed by atoms with Crippen molar-refractivity contribution in [1.29, 1.82) is 0 Å². The van der Waals surface area contributed by atoms with E-state index in [1.807, 2.05) is 0 Å². The molecule has 0 amide bonds. The summed E-state index contributed by atoms with van der Waals surface area (Å²) in [6.45, 7) is 2.57. The highest BCUT2D eigenvalue weighted by molar-refractivity contribution is 5.76. The minimum absolute atomic E-state index is 0.244. The Morgan fingerprint density at radius 3 is 2.52 bits per heavy atom. The Bertz CT molecular complexity index is 616. The maximum atomic E-state index is 11.1. The summed E-state index contributed by atoms with van der Waals surface area (Å²) in [6.07, 6.45) is 1.43. The lowest BCUT2D eigenvalue weighted by atomic mass is 9.96. The van der Waals surface area contributed by atoms with Crippen LogP contribution in [0.2, 0.25) is 0 Å². The molecule has 21 heavy (non-hydrogen) atoms. The van der Waals surface area contributed by atoms with Gasteiger partial charge in [0, 0.05) is 13.0 Å². The molecule has 2 aromatic rings. The Kier molecular flexibility index (Phi) is 5.29. The summed E-state index contributed by atoms with van der Waals surface area (Å²) in [5.74, 6) is 0.244. The van der Waals surface area contributed by atoms with Crippen molar-refractivity contribution in [3.63, 3.8) is 0 Å². The molecule has 0 saturated carbocycles. The molecular weight excluding hydrogens is 258 g/mol. The molecule has 110 valence electrons. The van der Waals surface area contributed by atoms with Crippen LogP contribution in [0, 0.1) is 0 Å². The van der Waals surface area contributed by atoms with Crippen LogP contribution in [0.1, 0.15) is 24.5 Å². The molecule has 0 atom stereocenters. The van der Waals surface area contributed by atoms with Crippen LogP contribution in [-0.2, 0) is 17.8 Å². The molecule has 2 heteroatoms. The quantitative estimate of drug-likeness (QED) is 0.799. The number of ketones is 1. The van der Waals surface area contributed by atoms with Crippen molar-refractivity contribution in [2.75, 3.05) is 14.1 Å². The van der Waals surface area contributed by atoms with Crippen LogP contribution in [0.15, 0.2) is 48.5 Å². The SMILES string of the molecule is CC(=O)CCc1cccc(-c2ccccc2CN(C)C)c1. The van der Waals surface area contributed by atoms with E-state index in [1.165, 1.54) is 22.3 Å². The fourth-order valence-corrected chi connectivity index (χ4v) is 2.50. The zero-order valence-electron chi connectivity index (χ0n) is 13.1. The predicted octanol–water partition coefficient (Wildman–Crippen LogP) is 3.94. The molecule has 0 aliphatic rings. The standard InChI is InChI=1S/C19H23NO/c1-15(21)11-12-16-7-6-9-17(13-16)19-10-5-4-8-18(19)14-20(2)3/h4-10,13H,11-12,14H2,1-3H3. The number of carbonyl (C=O) groups is 1. The zero-order chi connectivity index (χ0) is 15.2. The number of hydrogen-bond donors (Lipinski definition) is 0. The summed E-state index contributed by atoms with van der Waals surface area (Å²) < 4.78 is 0. The monoisotopic (exact) mass is 281 g/mol. The molecular formula is C19H23NO. The first-order valence-electron chi connectivity index (χ1n) is 7.37. The smallest absolute Gasteiger partial charge is 0.130 e. The van der Waals surface area contributed by atoms with Crippen molar-refractivity contribution in [3.05, 3.63) is 59.7 Å². The van der Waals surface area contributed by atoms with Crippen LogP contribution in [0.3, 0.4) is 0 Å². The van der Waals surface area contributed by atoms with Gasteiger partial charge in [0.1, 0.15) is 5.78 Å². The van der Waals surface area contributed by atoms with Crippen molar-refractivity contribution in [2.24, 2.45) is 0 Å². The summed E-state index contributed by atoms with van der Waals surface area (Å²) in [5.41, 5.74) is 5.05. The number of carbonyl (C=O) groups excluding carboxylic acids is 1. The lowest BCUT2D eigenvalue weighted by Crippen LogP contribution is -2.11. The van der Waals surface area contributed by atoms with Crippen LogP contribution in [0.5, 0.6) is 0 Å². The Morgan fingerprint density at radius 2 is 1.81 bits per heavy atom. The fourth-order valence-electron chi connectivity index (χ4n) is 2.50. The Labute approximate surface area is 127 Å². The fraction of sp³-hybridized carbons (Fsp3) is 0.316. The first kappa shape index (κ1) is 15.5. The molecule has 0 radical (unpaired) electrons. The highest BCUT2D eigenvalue weighted by Crippen LogP contribution is 2.25. The Morgan fingerprint density at radius 1 is 1.05 bits per heavy atom. The molecule has 0 unspecified atom stereocenters. The van der Waals surface area contributed by atoms with Crippen LogP contribution >= 0.6 is 0 Å². The minimum atomic E-state index is 0.244. The number of nitrogens with zero attached hydrogens (tertiary/aromatic N) is 1. The van der Waals surface area contributed by atoms with E-state index in [1.54, 1.807) is 6.92 Å². The van der Waals surface area contributed by atoms with Gasteiger partial charge >= 0.3 is 0 Å². The molecule has 0 N–H and O–H groups in total. The van der Waals surface area contributed by atoms with E-state index in [0.29, 0.717) is 6.42 Å². The van der Waals surface area contributed by atoms with Gasteiger partial charge in [-0.1, -0.05) is 48.5 Å². The van der Waals surface area contributed by atoms with Crippen molar-refractivity contribution in [2.45, 2.75) is 26.3 Å². The molecule has 0 heterocycles. The summed E-state index contributed by atoms with van der Waals surface area (Å²) in [5, 5.41) is 0. The first-order valence-corrected chi connectivity index (χ1v) is 7.37. The van der Waals surface area contributed by atoms with Gasteiger partial charge in [0.25, 0.3) is 0 Å². The van der Waals surface area contributed by atoms with Crippen molar-refractivity contribution in [3.8, 4) is 11.1 Å². The minimum Gasteiger partial charge on any atom is -0.305 e. The van der Waals surface area contributed by atoms with Crippen LogP contribution in [0.25, 0.3) is 11.1 Å². The van der Waals surface area contributed by atoms with Gasteiger partial charge in [-0.25, -0.2) is 0 Å². The summed E-state index contributed by atoms with van der Waals surface area (Å²) in [4.78, 5) is 13.3. The molecule has 0 spiro atoms. The van der Waals surface area contributed by atoms with E-state index in [0.717, 1.165) is 13.0 Å². The maximum Gasteiger partial charge on any atom is 0.130 e. The van der Waals surface area contributed by atoms with Crippen LogP contribution in [0.4, 0.5) is 0 Å². The number of Topliss-reactive ketones (excluding diaryl/α,β-unsaturated/α-hetero) is 1. The molecule has 0 fully saturated rings. The number of rotatable bonds is 6. The highest BCUT2D eigenvalue weighted by atomic mass is 16.1. The second-order valence-electron chi connectivity index (χ2n) is 5.80. The molecule has 2 aromatic carbocycles. The van der Waals surface area contributed by atoms with Crippen LogP contribution in [-0.4, -0.2) is 24.8 Å². The van der Waals surface area contributed by atoms with Gasteiger partial charge in [0.15, 0.2) is 0 Å². The molecule has 2 rings (SSSR count). The number of aryl methyl sites for hydroxylation is 1. The predicted molar refractivity (Wildman–Crippen MR) is 88.3 cm³/mol. The zero-order valence-corrected chi connectivity index (χ0v) is 13.1. The Balaban J connectivity index is 2.29. The summed E-state index contributed by atoms with van der Waals surface area (Å²) in [6, 6.07) is 17.0. The third kappa shape index (κ3) is 4.54. The largest absolute Gasteiger partial charge is 0.305 e. The van der Waals surface area contributed by atoms with Gasteiger partial charge in [0.2, 0.25) is 0 Å². The number of benzene rings is 2. The van der Waals surface area contributed by atoms with Gasteiger partial charge in [-0.05, 0) is 49.7 Å². The van der Waals surface area contributed by atoms with Gasteiger partial charge in [-0.2, -0.15) is 0 Å².